The molecule has 1 aromatic carbocycles. The molecule has 0 bridgehead atoms. The first-order valence-corrected chi connectivity index (χ1v) is 9.14. The summed E-state index contributed by atoms with van der Waals surface area (Å²) in [5.74, 6) is -0.00356. The van der Waals surface area contributed by atoms with E-state index in [9.17, 15) is 14.4 Å². The number of esters is 1. The van der Waals surface area contributed by atoms with Crippen molar-refractivity contribution in [2.45, 2.75) is 20.1 Å². The van der Waals surface area contributed by atoms with Gasteiger partial charge in [-0.1, -0.05) is 35.0 Å². The maximum Gasteiger partial charge on any atom is 0.332 e. The topological polar surface area (TPSA) is 114 Å². The number of carbonyl (C=O) groups is 1. The molecule has 3 heterocycles. The number of nitrogens with zero attached hydrogens (tertiary/aromatic N) is 5. The van der Waals surface area contributed by atoms with Gasteiger partial charge in [0.05, 0.1) is 6.33 Å². The maximum atomic E-state index is 12.4. The normalized spacial score (nSPS) is 11.2. The zero-order valence-electron chi connectivity index (χ0n) is 16.7. The average molecular weight is 409 g/mol. The Morgan fingerprint density at radius 3 is 2.60 bits per heavy atom. The third kappa shape index (κ3) is 3.43. The Labute approximate surface area is 169 Å². The minimum Gasteiger partial charge on any atom is -0.458 e. The molecule has 0 amide bonds. The molecule has 0 aliphatic rings. The van der Waals surface area contributed by atoms with E-state index >= 15 is 0 Å². The van der Waals surface area contributed by atoms with Crippen LogP contribution >= 0.6 is 0 Å². The van der Waals surface area contributed by atoms with E-state index in [1.807, 2.05) is 31.2 Å². The van der Waals surface area contributed by atoms with Crippen LogP contribution in [0.15, 0.2) is 50.8 Å². The molecule has 0 fully saturated rings. The van der Waals surface area contributed by atoms with E-state index in [-0.39, 0.29) is 24.3 Å². The second kappa shape index (κ2) is 7.47. The van der Waals surface area contributed by atoms with Crippen molar-refractivity contribution in [1.82, 2.24) is 23.8 Å². The minimum absolute atomic E-state index is 0.0721. The summed E-state index contributed by atoms with van der Waals surface area (Å²) in [6, 6.07) is 9.48. The van der Waals surface area contributed by atoms with Gasteiger partial charge in [0.15, 0.2) is 16.9 Å². The standard InChI is InChI=1S/C20H19N5O5/c1-12-4-6-13(7-5-12)15-8-14(22-30-15)10-29-16(26)9-25-11-21-18-17(25)19(27)24(3)20(28)23(18)2/h4-8,11H,9-10H2,1-3H3. The van der Waals surface area contributed by atoms with E-state index in [1.165, 1.54) is 29.6 Å². The first-order valence-electron chi connectivity index (χ1n) is 9.14. The van der Waals surface area contributed by atoms with E-state index in [2.05, 4.69) is 10.1 Å². The Morgan fingerprint density at radius 1 is 1.13 bits per heavy atom. The highest BCUT2D eigenvalue weighted by Gasteiger charge is 2.17. The zero-order chi connectivity index (χ0) is 21.4. The molecule has 4 rings (SSSR count). The number of hydrogen-bond acceptors (Lipinski definition) is 7. The first-order chi connectivity index (χ1) is 14.3. The molecule has 154 valence electrons. The number of ether oxygens (including phenoxy) is 1. The Kier molecular flexibility index (Phi) is 4.82. The van der Waals surface area contributed by atoms with Gasteiger partial charge in [-0.15, -0.1) is 0 Å². The molecule has 0 saturated heterocycles. The van der Waals surface area contributed by atoms with Crippen LogP contribution in [0.3, 0.4) is 0 Å². The highest BCUT2D eigenvalue weighted by Crippen LogP contribution is 2.21. The van der Waals surface area contributed by atoms with Crippen molar-refractivity contribution in [3.05, 3.63) is 68.8 Å². The van der Waals surface area contributed by atoms with Crippen molar-refractivity contribution in [2.75, 3.05) is 0 Å². The number of carbonyl (C=O) groups excluding carboxylic acids is 1. The van der Waals surface area contributed by atoms with E-state index < -0.39 is 17.2 Å². The van der Waals surface area contributed by atoms with Crippen molar-refractivity contribution < 1.29 is 14.1 Å². The summed E-state index contributed by atoms with van der Waals surface area (Å²) in [4.78, 5) is 40.8. The first kappa shape index (κ1) is 19.4. The van der Waals surface area contributed by atoms with Gasteiger partial charge in [0.25, 0.3) is 5.56 Å². The van der Waals surface area contributed by atoms with Crippen LogP contribution in [0.4, 0.5) is 0 Å². The van der Waals surface area contributed by atoms with Crippen molar-refractivity contribution in [1.29, 1.82) is 0 Å². The maximum absolute atomic E-state index is 12.4. The zero-order valence-corrected chi connectivity index (χ0v) is 16.7. The third-order valence-corrected chi connectivity index (χ3v) is 4.79. The van der Waals surface area contributed by atoms with Crippen LogP contribution in [-0.2, 0) is 36.8 Å². The SMILES string of the molecule is Cc1ccc(-c2cc(COC(=O)Cn3cnc4c3c(=O)n(C)c(=O)n4C)no2)cc1. The molecule has 10 nitrogen and oxygen atoms in total. The molecule has 30 heavy (non-hydrogen) atoms. The van der Waals surface area contributed by atoms with Crippen LogP contribution in [0.2, 0.25) is 0 Å². The van der Waals surface area contributed by atoms with E-state index in [1.54, 1.807) is 6.07 Å². The van der Waals surface area contributed by atoms with Crippen LogP contribution < -0.4 is 11.2 Å². The number of rotatable bonds is 5. The summed E-state index contributed by atoms with van der Waals surface area (Å²) < 4.78 is 14.1. The van der Waals surface area contributed by atoms with Gasteiger partial charge < -0.3 is 13.8 Å². The molecule has 10 heteroatoms. The molecule has 0 unspecified atom stereocenters. The van der Waals surface area contributed by atoms with Crippen LogP contribution in [0.5, 0.6) is 0 Å². The Balaban J connectivity index is 1.47. The largest absolute Gasteiger partial charge is 0.458 e. The lowest BCUT2D eigenvalue weighted by atomic mass is 10.1. The summed E-state index contributed by atoms with van der Waals surface area (Å²) in [6.45, 7) is 1.69. The lowest BCUT2D eigenvalue weighted by molar-refractivity contribution is -0.145. The van der Waals surface area contributed by atoms with Crippen molar-refractivity contribution in [3.63, 3.8) is 0 Å². The summed E-state index contributed by atoms with van der Waals surface area (Å²) >= 11 is 0. The summed E-state index contributed by atoms with van der Waals surface area (Å²) in [5, 5.41) is 3.92. The fraction of sp³-hybridized carbons (Fsp3) is 0.250. The Bertz CT molecular complexity index is 1360. The van der Waals surface area contributed by atoms with Gasteiger partial charge >= 0.3 is 11.7 Å². The van der Waals surface area contributed by atoms with Crippen LogP contribution in [0.1, 0.15) is 11.3 Å². The van der Waals surface area contributed by atoms with Gasteiger partial charge in [0.1, 0.15) is 18.8 Å². The number of fused-ring (bicyclic) bond motifs is 1. The number of hydrogen-bond donors (Lipinski definition) is 0. The number of aryl methyl sites for hydroxylation is 2. The fourth-order valence-corrected chi connectivity index (χ4v) is 3.09. The van der Waals surface area contributed by atoms with Gasteiger partial charge in [-0.05, 0) is 6.92 Å². The van der Waals surface area contributed by atoms with Crippen LogP contribution in [0.25, 0.3) is 22.5 Å². The van der Waals surface area contributed by atoms with Crippen molar-refractivity contribution in [3.8, 4) is 11.3 Å². The Morgan fingerprint density at radius 2 is 1.87 bits per heavy atom. The molecule has 0 N–H and O–H groups in total. The minimum atomic E-state index is -0.579. The molecule has 0 radical (unpaired) electrons. The number of imidazole rings is 1. The predicted octanol–water partition coefficient (Wildman–Crippen LogP) is 1.14. The number of benzene rings is 1. The number of aromatic nitrogens is 5. The molecule has 0 aliphatic carbocycles. The van der Waals surface area contributed by atoms with E-state index in [4.69, 9.17) is 9.26 Å². The van der Waals surface area contributed by atoms with Crippen LogP contribution in [-0.4, -0.2) is 29.8 Å². The van der Waals surface area contributed by atoms with Gasteiger partial charge in [-0.3, -0.25) is 18.7 Å². The molecule has 3 aromatic heterocycles. The third-order valence-electron chi connectivity index (χ3n) is 4.79. The van der Waals surface area contributed by atoms with E-state index in [0.717, 1.165) is 15.7 Å². The Hall–Kier alpha value is -3.95. The van der Waals surface area contributed by atoms with Gasteiger partial charge in [0, 0.05) is 25.7 Å². The second-order valence-corrected chi connectivity index (χ2v) is 6.96. The molecule has 0 atom stereocenters. The summed E-state index contributed by atoms with van der Waals surface area (Å²) in [5.41, 5.74) is 1.81. The molecule has 0 aliphatic heterocycles. The lowest BCUT2D eigenvalue weighted by Gasteiger charge is -2.06. The molecular formula is C20H19N5O5. The molecule has 0 spiro atoms. The van der Waals surface area contributed by atoms with Gasteiger partial charge in [0.2, 0.25) is 0 Å². The quantitative estimate of drug-likeness (QED) is 0.454. The molecule has 0 saturated carbocycles. The van der Waals surface area contributed by atoms with E-state index in [0.29, 0.717) is 11.5 Å². The molecular weight excluding hydrogens is 390 g/mol. The monoisotopic (exact) mass is 409 g/mol. The average Bonchev–Trinajstić information content (AvgIpc) is 3.37. The van der Waals surface area contributed by atoms with Crippen molar-refractivity contribution in [2.24, 2.45) is 14.1 Å². The lowest BCUT2D eigenvalue weighted by Crippen LogP contribution is -2.37. The second-order valence-electron chi connectivity index (χ2n) is 6.96. The summed E-state index contributed by atoms with van der Waals surface area (Å²) in [7, 11) is 2.88. The van der Waals surface area contributed by atoms with Gasteiger partial charge in [-0.25, -0.2) is 9.78 Å². The van der Waals surface area contributed by atoms with Crippen molar-refractivity contribution >= 4 is 17.1 Å². The smallest absolute Gasteiger partial charge is 0.332 e. The summed E-state index contributed by atoms with van der Waals surface area (Å²) in [6.07, 6.45) is 1.33. The predicted molar refractivity (Wildman–Crippen MR) is 107 cm³/mol. The highest BCUT2D eigenvalue weighted by molar-refractivity contribution is 5.75. The van der Waals surface area contributed by atoms with Gasteiger partial charge in [-0.2, -0.15) is 0 Å². The molecule has 4 aromatic rings. The highest BCUT2D eigenvalue weighted by atomic mass is 16.5. The van der Waals surface area contributed by atoms with Crippen LogP contribution in [0, 0.1) is 6.92 Å². The fourth-order valence-electron chi connectivity index (χ4n) is 3.09.